The number of hydrogen-bond donors (Lipinski definition) is 3. The summed E-state index contributed by atoms with van der Waals surface area (Å²) in [7, 11) is 0. The molecule has 0 spiro atoms. The van der Waals surface area contributed by atoms with Crippen LogP contribution in [0.2, 0.25) is 0 Å². The number of benzene rings is 1. The first-order valence-corrected chi connectivity index (χ1v) is 5.14. The molecule has 0 aliphatic carbocycles. The van der Waals surface area contributed by atoms with E-state index in [1.165, 1.54) is 12.1 Å². The van der Waals surface area contributed by atoms with Gasteiger partial charge in [0, 0.05) is 12.0 Å². The monoisotopic (exact) mass is 239 g/mol. The van der Waals surface area contributed by atoms with Gasteiger partial charge < -0.3 is 16.8 Å². The molecule has 0 fully saturated rings. The van der Waals surface area contributed by atoms with Crippen molar-refractivity contribution in [3.63, 3.8) is 0 Å². The lowest BCUT2D eigenvalue weighted by molar-refractivity contribution is -0.116. The number of amides is 2. The van der Waals surface area contributed by atoms with Gasteiger partial charge >= 0.3 is 0 Å². The third-order valence-electron chi connectivity index (χ3n) is 2.13. The van der Waals surface area contributed by atoms with E-state index in [0.29, 0.717) is 13.0 Å². The van der Waals surface area contributed by atoms with Crippen molar-refractivity contribution in [1.82, 2.24) is 0 Å². The van der Waals surface area contributed by atoms with Gasteiger partial charge in [-0.15, -0.1) is 0 Å². The minimum atomic E-state index is -0.678. The van der Waals surface area contributed by atoms with Crippen LogP contribution in [0.3, 0.4) is 0 Å². The first kappa shape index (κ1) is 13.1. The molecule has 0 radical (unpaired) electrons. The van der Waals surface area contributed by atoms with E-state index in [4.69, 9.17) is 11.5 Å². The molecule has 5 nitrogen and oxygen atoms in total. The van der Waals surface area contributed by atoms with Crippen molar-refractivity contribution < 1.29 is 14.0 Å². The smallest absolute Gasteiger partial charge is 0.248 e. The average Bonchev–Trinajstić information content (AvgIpc) is 2.29. The van der Waals surface area contributed by atoms with Crippen LogP contribution in [0.1, 0.15) is 23.2 Å². The predicted octanol–water partition coefficient (Wildman–Crippen LogP) is 0.602. The van der Waals surface area contributed by atoms with Gasteiger partial charge in [0.05, 0.1) is 5.69 Å². The molecule has 0 unspecified atom stereocenters. The van der Waals surface area contributed by atoms with E-state index >= 15 is 0 Å². The van der Waals surface area contributed by atoms with Gasteiger partial charge in [-0.25, -0.2) is 4.39 Å². The van der Waals surface area contributed by atoms with E-state index in [2.05, 4.69) is 5.32 Å². The van der Waals surface area contributed by atoms with Crippen molar-refractivity contribution in [2.75, 3.05) is 11.9 Å². The highest BCUT2D eigenvalue weighted by atomic mass is 19.1. The van der Waals surface area contributed by atoms with Crippen LogP contribution in [0, 0.1) is 5.82 Å². The number of carbonyl (C=O) groups excluding carboxylic acids is 2. The quantitative estimate of drug-likeness (QED) is 0.701. The van der Waals surface area contributed by atoms with Crippen molar-refractivity contribution >= 4 is 17.5 Å². The molecule has 1 rings (SSSR count). The highest BCUT2D eigenvalue weighted by Gasteiger charge is 2.09. The molecule has 0 aromatic heterocycles. The highest BCUT2D eigenvalue weighted by Crippen LogP contribution is 2.16. The molecule has 92 valence electrons. The summed E-state index contributed by atoms with van der Waals surface area (Å²) in [5.74, 6) is -1.64. The van der Waals surface area contributed by atoms with Crippen LogP contribution >= 0.6 is 0 Å². The Morgan fingerprint density at radius 3 is 2.65 bits per heavy atom. The van der Waals surface area contributed by atoms with Gasteiger partial charge in [0.15, 0.2) is 0 Å². The molecule has 1 aromatic rings. The number of rotatable bonds is 5. The largest absolute Gasteiger partial charge is 0.366 e. The zero-order valence-corrected chi connectivity index (χ0v) is 9.20. The maximum Gasteiger partial charge on any atom is 0.248 e. The van der Waals surface area contributed by atoms with E-state index < -0.39 is 11.7 Å². The van der Waals surface area contributed by atoms with Crippen LogP contribution in [0.4, 0.5) is 10.1 Å². The second kappa shape index (κ2) is 5.95. The SMILES string of the molecule is NCCCC(=O)Nc1cc(C(N)=O)ccc1F. The Labute approximate surface area is 98.0 Å². The summed E-state index contributed by atoms with van der Waals surface area (Å²) in [5, 5.41) is 2.36. The molecule has 6 heteroatoms. The second-order valence-corrected chi connectivity index (χ2v) is 3.50. The fourth-order valence-corrected chi connectivity index (χ4v) is 1.25. The summed E-state index contributed by atoms with van der Waals surface area (Å²) in [6, 6.07) is 3.55. The number of carbonyl (C=O) groups is 2. The minimum Gasteiger partial charge on any atom is -0.366 e. The number of anilines is 1. The number of hydrogen-bond acceptors (Lipinski definition) is 3. The lowest BCUT2D eigenvalue weighted by atomic mass is 10.2. The Balaban J connectivity index is 2.79. The molecule has 0 aliphatic rings. The predicted molar refractivity (Wildman–Crippen MR) is 61.8 cm³/mol. The number of nitrogens with two attached hydrogens (primary N) is 2. The normalized spacial score (nSPS) is 10.0. The van der Waals surface area contributed by atoms with Crippen LogP contribution in [0.15, 0.2) is 18.2 Å². The summed E-state index contributed by atoms with van der Waals surface area (Å²) in [5.41, 5.74) is 10.4. The first-order valence-electron chi connectivity index (χ1n) is 5.14. The molecule has 0 aliphatic heterocycles. The second-order valence-electron chi connectivity index (χ2n) is 3.50. The minimum absolute atomic E-state index is 0.0525. The zero-order chi connectivity index (χ0) is 12.8. The van der Waals surface area contributed by atoms with Crippen LogP contribution in [0.5, 0.6) is 0 Å². The summed E-state index contributed by atoms with van der Waals surface area (Å²) in [4.78, 5) is 22.2. The standard InChI is InChI=1S/C11H14FN3O2/c12-8-4-3-7(11(14)17)6-9(8)15-10(16)2-1-5-13/h3-4,6H,1-2,5,13H2,(H2,14,17)(H,15,16). The topological polar surface area (TPSA) is 98.2 Å². The maximum absolute atomic E-state index is 13.3. The zero-order valence-electron chi connectivity index (χ0n) is 9.20. The average molecular weight is 239 g/mol. The van der Waals surface area contributed by atoms with Gasteiger partial charge in [-0.05, 0) is 31.2 Å². The van der Waals surface area contributed by atoms with Gasteiger partial charge in [0.1, 0.15) is 5.82 Å². The van der Waals surface area contributed by atoms with E-state index in [9.17, 15) is 14.0 Å². The lowest BCUT2D eigenvalue weighted by Gasteiger charge is -2.07. The van der Waals surface area contributed by atoms with Gasteiger partial charge in [0.25, 0.3) is 0 Å². The van der Waals surface area contributed by atoms with E-state index in [0.717, 1.165) is 6.07 Å². The molecule has 2 amide bonds. The summed E-state index contributed by atoms with van der Waals surface area (Å²) in [6.45, 7) is 0.386. The third-order valence-corrected chi connectivity index (χ3v) is 2.13. The van der Waals surface area contributed by atoms with Gasteiger partial charge in [-0.2, -0.15) is 0 Å². The summed E-state index contributed by atoms with van der Waals surface area (Å²) >= 11 is 0. The fraction of sp³-hybridized carbons (Fsp3) is 0.273. The van der Waals surface area contributed by atoms with Gasteiger partial charge in [-0.3, -0.25) is 9.59 Å². The fourth-order valence-electron chi connectivity index (χ4n) is 1.25. The Hall–Kier alpha value is -1.95. The molecule has 17 heavy (non-hydrogen) atoms. The summed E-state index contributed by atoms with van der Waals surface area (Å²) in [6.07, 6.45) is 0.722. The Kier molecular flexibility index (Phi) is 4.59. The van der Waals surface area contributed by atoms with Crippen molar-refractivity contribution in [2.45, 2.75) is 12.8 Å². The van der Waals surface area contributed by atoms with Crippen LogP contribution in [-0.2, 0) is 4.79 Å². The number of halogens is 1. The van der Waals surface area contributed by atoms with Crippen LogP contribution in [-0.4, -0.2) is 18.4 Å². The van der Waals surface area contributed by atoms with Crippen molar-refractivity contribution in [1.29, 1.82) is 0 Å². The molecule has 0 heterocycles. The Bertz CT molecular complexity index is 435. The van der Waals surface area contributed by atoms with Crippen LogP contribution in [0.25, 0.3) is 0 Å². The molecular formula is C11H14FN3O2. The summed E-state index contributed by atoms with van der Waals surface area (Å²) < 4.78 is 13.3. The Morgan fingerprint density at radius 1 is 1.35 bits per heavy atom. The molecule has 0 bridgehead atoms. The highest BCUT2D eigenvalue weighted by molar-refractivity contribution is 5.96. The molecule has 0 saturated carbocycles. The van der Waals surface area contributed by atoms with Crippen molar-refractivity contribution in [3.05, 3.63) is 29.6 Å². The van der Waals surface area contributed by atoms with Crippen molar-refractivity contribution in [2.24, 2.45) is 11.5 Å². The van der Waals surface area contributed by atoms with Gasteiger partial charge in [0.2, 0.25) is 11.8 Å². The van der Waals surface area contributed by atoms with E-state index in [1.807, 2.05) is 0 Å². The molecule has 1 aromatic carbocycles. The maximum atomic E-state index is 13.3. The van der Waals surface area contributed by atoms with E-state index in [1.54, 1.807) is 0 Å². The molecule has 0 saturated heterocycles. The van der Waals surface area contributed by atoms with E-state index in [-0.39, 0.29) is 23.6 Å². The Morgan fingerprint density at radius 2 is 2.06 bits per heavy atom. The van der Waals surface area contributed by atoms with Crippen molar-refractivity contribution in [3.8, 4) is 0 Å². The number of primary amides is 1. The first-order chi connectivity index (χ1) is 8.04. The van der Waals surface area contributed by atoms with Gasteiger partial charge in [-0.1, -0.05) is 0 Å². The molecule has 5 N–H and O–H groups in total. The van der Waals surface area contributed by atoms with Crippen LogP contribution < -0.4 is 16.8 Å². The molecule has 0 atom stereocenters. The molecular weight excluding hydrogens is 225 g/mol. The number of nitrogens with one attached hydrogen (secondary N) is 1. The third kappa shape index (κ3) is 3.84. The lowest BCUT2D eigenvalue weighted by Crippen LogP contribution is -2.16.